The maximum absolute atomic E-state index is 10.8. The molecule has 0 aliphatic carbocycles. The SMILES string of the molecule is CNC(=O)NCCNc1nccn1C. The van der Waals surface area contributed by atoms with Crippen molar-refractivity contribution in [1.82, 2.24) is 20.2 Å². The molecule has 3 N–H and O–H groups in total. The first-order valence-electron chi connectivity index (χ1n) is 4.41. The first-order valence-corrected chi connectivity index (χ1v) is 4.41. The van der Waals surface area contributed by atoms with Gasteiger partial charge in [0.05, 0.1) is 0 Å². The number of amides is 2. The van der Waals surface area contributed by atoms with Crippen LogP contribution in [0.1, 0.15) is 0 Å². The molecule has 0 radical (unpaired) electrons. The summed E-state index contributed by atoms with van der Waals surface area (Å²) in [4.78, 5) is 14.8. The highest BCUT2D eigenvalue weighted by molar-refractivity contribution is 5.73. The highest BCUT2D eigenvalue weighted by Crippen LogP contribution is 1.98. The maximum Gasteiger partial charge on any atom is 0.314 e. The van der Waals surface area contributed by atoms with Crippen LogP contribution in [-0.4, -0.2) is 35.7 Å². The Morgan fingerprint density at radius 2 is 2.36 bits per heavy atom. The second-order valence-electron chi connectivity index (χ2n) is 2.79. The zero-order chi connectivity index (χ0) is 10.4. The predicted octanol–water partition coefficient (Wildman–Crippen LogP) is -0.239. The smallest absolute Gasteiger partial charge is 0.314 e. The molecular formula is C8H15N5O. The van der Waals surface area contributed by atoms with Gasteiger partial charge in [0.1, 0.15) is 0 Å². The van der Waals surface area contributed by atoms with Crippen LogP contribution >= 0.6 is 0 Å². The normalized spacial score (nSPS) is 9.57. The number of anilines is 1. The van der Waals surface area contributed by atoms with Gasteiger partial charge in [-0.15, -0.1) is 0 Å². The van der Waals surface area contributed by atoms with Crippen molar-refractivity contribution in [2.75, 3.05) is 25.5 Å². The van der Waals surface area contributed by atoms with Crippen LogP contribution in [0.4, 0.5) is 10.7 Å². The molecule has 0 aliphatic heterocycles. The molecule has 0 aliphatic rings. The zero-order valence-corrected chi connectivity index (χ0v) is 8.37. The van der Waals surface area contributed by atoms with E-state index in [1.807, 2.05) is 17.8 Å². The van der Waals surface area contributed by atoms with Gasteiger partial charge in [-0.3, -0.25) is 0 Å². The van der Waals surface area contributed by atoms with Crippen LogP contribution in [0.3, 0.4) is 0 Å². The molecular weight excluding hydrogens is 182 g/mol. The van der Waals surface area contributed by atoms with Crippen LogP contribution in [0.2, 0.25) is 0 Å². The first-order chi connectivity index (χ1) is 6.74. The van der Waals surface area contributed by atoms with E-state index < -0.39 is 0 Å². The number of nitrogens with zero attached hydrogens (tertiary/aromatic N) is 2. The number of imidazole rings is 1. The van der Waals surface area contributed by atoms with Gasteiger partial charge in [0.15, 0.2) is 0 Å². The monoisotopic (exact) mass is 197 g/mol. The van der Waals surface area contributed by atoms with E-state index in [2.05, 4.69) is 20.9 Å². The summed E-state index contributed by atoms with van der Waals surface area (Å²) in [6.45, 7) is 1.21. The number of rotatable bonds is 4. The van der Waals surface area contributed by atoms with E-state index in [-0.39, 0.29) is 6.03 Å². The van der Waals surface area contributed by atoms with Gasteiger partial charge >= 0.3 is 6.03 Å². The Kier molecular flexibility index (Phi) is 3.78. The van der Waals surface area contributed by atoms with Crippen molar-refractivity contribution in [3.63, 3.8) is 0 Å². The number of hydrogen-bond donors (Lipinski definition) is 3. The number of aryl methyl sites for hydroxylation is 1. The van der Waals surface area contributed by atoms with Crippen molar-refractivity contribution in [1.29, 1.82) is 0 Å². The standard InChI is InChI=1S/C8H15N5O/c1-9-8(14)12-4-3-10-7-11-5-6-13(7)2/h5-6H,3-4H2,1-2H3,(H,10,11)(H2,9,12,14). The van der Waals surface area contributed by atoms with Crippen LogP contribution in [0.15, 0.2) is 12.4 Å². The zero-order valence-electron chi connectivity index (χ0n) is 8.37. The summed E-state index contributed by atoms with van der Waals surface area (Å²) in [6, 6.07) is -0.174. The van der Waals surface area contributed by atoms with Gasteiger partial charge in [-0.2, -0.15) is 0 Å². The molecule has 0 fully saturated rings. The van der Waals surface area contributed by atoms with Gasteiger partial charge < -0.3 is 20.5 Å². The second-order valence-corrected chi connectivity index (χ2v) is 2.79. The quantitative estimate of drug-likeness (QED) is 0.583. The Balaban J connectivity index is 2.16. The minimum Gasteiger partial charge on any atom is -0.354 e. The number of carbonyl (C=O) groups is 1. The number of carbonyl (C=O) groups excluding carboxylic acids is 1. The second kappa shape index (κ2) is 5.11. The third-order valence-electron chi connectivity index (χ3n) is 1.74. The summed E-state index contributed by atoms with van der Waals surface area (Å²) < 4.78 is 1.87. The lowest BCUT2D eigenvalue weighted by Crippen LogP contribution is -2.35. The van der Waals surface area contributed by atoms with E-state index in [9.17, 15) is 4.79 Å². The average molecular weight is 197 g/mol. The molecule has 1 rings (SSSR count). The third-order valence-corrected chi connectivity index (χ3v) is 1.74. The summed E-state index contributed by atoms with van der Waals surface area (Å²) in [5.41, 5.74) is 0. The van der Waals surface area contributed by atoms with Crippen molar-refractivity contribution < 1.29 is 4.79 Å². The lowest BCUT2D eigenvalue weighted by Gasteiger charge is -2.06. The third kappa shape index (κ3) is 2.96. The summed E-state index contributed by atoms with van der Waals surface area (Å²) >= 11 is 0. The highest BCUT2D eigenvalue weighted by Gasteiger charge is 1.97. The van der Waals surface area contributed by atoms with Crippen molar-refractivity contribution in [2.45, 2.75) is 0 Å². The molecule has 1 aromatic rings. The van der Waals surface area contributed by atoms with Crippen molar-refractivity contribution in [2.24, 2.45) is 7.05 Å². The van der Waals surface area contributed by atoms with E-state index in [4.69, 9.17) is 0 Å². The van der Waals surface area contributed by atoms with E-state index in [1.54, 1.807) is 13.2 Å². The summed E-state index contributed by atoms with van der Waals surface area (Å²) in [5.74, 6) is 0.795. The lowest BCUT2D eigenvalue weighted by atomic mass is 10.6. The van der Waals surface area contributed by atoms with Gasteiger partial charge in [-0.1, -0.05) is 0 Å². The number of aromatic nitrogens is 2. The maximum atomic E-state index is 10.8. The molecule has 14 heavy (non-hydrogen) atoms. The molecule has 0 bridgehead atoms. The minimum atomic E-state index is -0.174. The van der Waals surface area contributed by atoms with E-state index in [0.717, 1.165) is 5.95 Å². The molecule has 0 saturated carbocycles. The highest BCUT2D eigenvalue weighted by atomic mass is 16.2. The fourth-order valence-electron chi connectivity index (χ4n) is 0.975. The van der Waals surface area contributed by atoms with Crippen molar-refractivity contribution in [3.8, 4) is 0 Å². The van der Waals surface area contributed by atoms with Crippen LogP contribution in [-0.2, 0) is 7.05 Å². The number of hydrogen-bond acceptors (Lipinski definition) is 3. The topological polar surface area (TPSA) is 71.0 Å². The minimum absolute atomic E-state index is 0.174. The Hall–Kier alpha value is -1.72. The molecule has 0 atom stereocenters. The molecule has 78 valence electrons. The molecule has 1 aromatic heterocycles. The fraction of sp³-hybridized carbons (Fsp3) is 0.500. The number of urea groups is 1. The van der Waals surface area contributed by atoms with Gasteiger partial charge in [-0.05, 0) is 0 Å². The van der Waals surface area contributed by atoms with Crippen molar-refractivity contribution >= 4 is 12.0 Å². The molecule has 6 nitrogen and oxygen atoms in total. The average Bonchev–Trinajstić information content (AvgIpc) is 2.58. The summed E-state index contributed by atoms with van der Waals surface area (Å²) in [5, 5.41) is 8.22. The molecule has 0 aromatic carbocycles. The molecule has 0 unspecified atom stereocenters. The van der Waals surface area contributed by atoms with Gasteiger partial charge in [0.2, 0.25) is 5.95 Å². The Morgan fingerprint density at radius 1 is 1.57 bits per heavy atom. The van der Waals surface area contributed by atoms with Gasteiger partial charge in [0, 0.05) is 39.6 Å². The molecule has 0 spiro atoms. The molecule has 6 heteroatoms. The number of nitrogens with one attached hydrogen (secondary N) is 3. The van der Waals surface area contributed by atoms with E-state index >= 15 is 0 Å². The summed E-state index contributed by atoms with van der Waals surface area (Å²) in [7, 11) is 3.49. The molecule has 1 heterocycles. The van der Waals surface area contributed by atoms with Crippen LogP contribution in [0.5, 0.6) is 0 Å². The van der Waals surface area contributed by atoms with Crippen LogP contribution in [0.25, 0.3) is 0 Å². The van der Waals surface area contributed by atoms with Crippen LogP contribution < -0.4 is 16.0 Å². The van der Waals surface area contributed by atoms with Crippen LogP contribution in [0, 0.1) is 0 Å². The Bertz CT molecular complexity index is 296. The first kappa shape index (κ1) is 10.4. The molecule has 2 amide bonds. The fourth-order valence-corrected chi connectivity index (χ4v) is 0.975. The van der Waals surface area contributed by atoms with E-state index in [0.29, 0.717) is 13.1 Å². The lowest BCUT2D eigenvalue weighted by molar-refractivity contribution is 0.243. The van der Waals surface area contributed by atoms with E-state index in [1.165, 1.54) is 0 Å². The largest absolute Gasteiger partial charge is 0.354 e. The summed E-state index contributed by atoms with van der Waals surface area (Å²) in [6.07, 6.45) is 3.57. The van der Waals surface area contributed by atoms with Gasteiger partial charge in [-0.25, -0.2) is 9.78 Å². The predicted molar refractivity (Wildman–Crippen MR) is 54.2 cm³/mol. The van der Waals surface area contributed by atoms with Gasteiger partial charge in [0.25, 0.3) is 0 Å². The Labute approximate surface area is 82.7 Å². The Morgan fingerprint density at radius 3 is 2.93 bits per heavy atom. The van der Waals surface area contributed by atoms with Crippen molar-refractivity contribution in [3.05, 3.63) is 12.4 Å². The molecule has 0 saturated heterocycles.